The van der Waals surface area contributed by atoms with Gasteiger partial charge >= 0.3 is 0 Å². The number of benzene rings is 1. The maximum atomic E-state index is 9.81. The van der Waals surface area contributed by atoms with Crippen molar-refractivity contribution >= 4 is 0 Å². The van der Waals surface area contributed by atoms with E-state index in [-0.39, 0.29) is 5.69 Å². The molecule has 7 heteroatoms. The third-order valence-corrected chi connectivity index (χ3v) is 2.87. The molecule has 1 heterocycles. The van der Waals surface area contributed by atoms with E-state index >= 15 is 0 Å². The summed E-state index contributed by atoms with van der Waals surface area (Å²) < 4.78 is 5.03. The Morgan fingerprint density at radius 2 is 1.55 bits per heavy atom. The van der Waals surface area contributed by atoms with E-state index in [0.29, 0.717) is 5.76 Å². The molecule has 20 heavy (non-hydrogen) atoms. The lowest BCUT2D eigenvalue weighted by Crippen LogP contribution is -2.40. The van der Waals surface area contributed by atoms with Gasteiger partial charge in [-0.05, 0) is 0 Å². The van der Waals surface area contributed by atoms with Crippen LogP contribution in [0.4, 0.5) is 0 Å². The molecule has 0 saturated carbocycles. The van der Waals surface area contributed by atoms with Crippen LogP contribution >= 0.6 is 0 Å². The van der Waals surface area contributed by atoms with Crippen molar-refractivity contribution in [1.29, 1.82) is 0 Å². The highest BCUT2D eigenvalue weighted by Gasteiger charge is 2.32. The van der Waals surface area contributed by atoms with Gasteiger partial charge in [0.05, 0.1) is 0 Å². The van der Waals surface area contributed by atoms with E-state index < -0.39 is 24.6 Å². The Balaban J connectivity index is 2.16. The minimum atomic E-state index is -2.17. The summed E-state index contributed by atoms with van der Waals surface area (Å²) in [5.41, 5.74) is 0.715. The number of aliphatic hydroxyl groups is 5. The highest BCUT2D eigenvalue weighted by atomic mass is 16.5. The molecule has 0 saturated heterocycles. The molecule has 2 aromatic rings. The Hall–Kier alpha value is -1.77. The second-order valence-electron chi connectivity index (χ2n) is 4.32. The molecule has 0 spiro atoms. The summed E-state index contributed by atoms with van der Waals surface area (Å²) in [5.74, 6) is 0.380. The number of rotatable bonds is 5. The van der Waals surface area contributed by atoms with Crippen LogP contribution in [0.25, 0.3) is 11.3 Å². The van der Waals surface area contributed by atoms with Crippen molar-refractivity contribution < 1.29 is 30.1 Å². The van der Waals surface area contributed by atoms with E-state index in [1.54, 1.807) is 24.3 Å². The first kappa shape index (κ1) is 14.6. The van der Waals surface area contributed by atoms with Crippen LogP contribution in [0.2, 0.25) is 0 Å². The van der Waals surface area contributed by atoms with Crippen LogP contribution in [0.5, 0.6) is 0 Å². The SMILES string of the molecule is OC(O)[C@H](O)[C@@H](O)[C@H](O)c1cc(-c2ccccc2)on1. The number of aliphatic hydroxyl groups excluding tert-OH is 4. The third-order valence-electron chi connectivity index (χ3n) is 2.87. The fourth-order valence-corrected chi connectivity index (χ4v) is 1.70. The van der Waals surface area contributed by atoms with Crippen molar-refractivity contribution in [3.8, 4) is 11.3 Å². The van der Waals surface area contributed by atoms with Crippen LogP contribution in [0.3, 0.4) is 0 Å². The number of nitrogens with zero attached hydrogens (tertiary/aromatic N) is 1. The van der Waals surface area contributed by atoms with Crippen molar-refractivity contribution in [3.63, 3.8) is 0 Å². The van der Waals surface area contributed by atoms with E-state index in [9.17, 15) is 15.3 Å². The zero-order valence-corrected chi connectivity index (χ0v) is 10.4. The van der Waals surface area contributed by atoms with Crippen LogP contribution in [-0.2, 0) is 0 Å². The van der Waals surface area contributed by atoms with Gasteiger partial charge in [-0.1, -0.05) is 35.5 Å². The summed E-state index contributed by atoms with van der Waals surface area (Å²) >= 11 is 0. The van der Waals surface area contributed by atoms with Crippen LogP contribution in [0, 0.1) is 0 Å². The van der Waals surface area contributed by atoms with E-state index in [1.807, 2.05) is 6.07 Å². The molecule has 108 valence electrons. The smallest absolute Gasteiger partial charge is 0.180 e. The molecule has 0 unspecified atom stereocenters. The average molecular weight is 281 g/mol. The normalized spacial score (nSPS) is 16.1. The largest absolute Gasteiger partial charge is 0.387 e. The molecule has 0 bridgehead atoms. The van der Waals surface area contributed by atoms with Gasteiger partial charge in [-0.25, -0.2) is 0 Å². The van der Waals surface area contributed by atoms with E-state index in [4.69, 9.17) is 14.7 Å². The number of hydrogen-bond acceptors (Lipinski definition) is 7. The maximum Gasteiger partial charge on any atom is 0.180 e. The third kappa shape index (κ3) is 3.03. The second kappa shape index (κ2) is 6.12. The Kier molecular flexibility index (Phi) is 4.48. The summed E-state index contributed by atoms with van der Waals surface area (Å²) in [5, 5.41) is 49.8. The molecule has 0 aliphatic rings. The Labute approximate surface area is 114 Å². The Bertz CT molecular complexity index is 541. The quantitative estimate of drug-likeness (QED) is 0.463. The molecule has 0 aliphatic heterocycles. The van der Waals surface area contributed by atoms with Crippen molar-refractivity contribution in [2.75, 3.05) is 0 Å². The molecule has 0 amide bonds. The molecule has 7 nitrogen and oxygen atoms in total. The fraction of sp³-hybridized carbons (Fsp3) is 0.308. The molecular formula is C13H15NO6. The molecule has 1 aromatic heterocycles. The maximum absolute atomic E-state index is 9.81. The number of hydrogen-bond donors (Lipinski definition) is 5. The molecule has 0 aliphatic carbocycles. The zero-order valence-electron chi connectivity index (χ0n) is 10.4. The van der Waals surface area contributed by atoms with Gasteiger partial charge in [0, 0.05) is 11.6 Å². The minimum absolute atomic E-state index is 0.0175. The van der Waals surface area contributed by atoms with E-state index in [0.717, 1.165) is 5.56 Å². The highest BCUT2D eigenvalue weighted by molar-refractivity contribution is 5.57. The van der Waals surface area contributed by atoms with Crippen molar-refractivity contribution in [2.45, 2.75) is 24.6 Å². The summed E-state index contributed by atoms with van der Waals surface area (Å²) in [6.45, 7) is 0. The van der Waals surface area contributed by atoms with Crippen molar-refractivity contribution in [3.05, 3.63) is 42.1 Å². The summed E-state index contributed by atoms with van der Waals surface area (Å²) in [6, 6.07) is 10.4. The predicted molar refractivity (Wildman–Crippen MR) is 67.1 cm³/mol. The lowest BCUT2D eigenvalue weighted by molar-refractivity contribution is -0.178. The first-order valence-corrected chi connectivity index (χ1v) is 5.93. The Morgan fingerprint density at radius 3 is 2.15 bits per heavy atom. The van der Waals surface area contributed by atoms with Crippen LogP contribution in [-0.4, -0.2) is 49.2 Å². The second-order valence-corrected chi connectivity index (χ2v) is 4.32. The highest BCUT2D eigenvalue weighted by Crippen LogP contribution is 2.25. The molecule has 2 rings (SSSR count). The molecule has 0 radical (unpaired) electrons. The monoisotopic (exact) mass is 281 g/mol. The molecular weight excluding hydrogens is 266 g/mol. The van der Waals surface area contributed by atoms with Gasteiger partial charge in [-0.15, -0.1) is 0 Å². The van der Waals surface area contributed by atoms with Crippen molar-refractivity contribution in [2.24, 2.45) is 0 Å². The standard InChI is InChI=1S/C13H15NO6/c15-10(11(16)12(17)13(18)19)8-6-9(20-14-8)7-4-2-1-3-5-7/h1-6,10-13,15-19H/t10-,11+,12-/m1/s1. The van der Waals surface area contributed by atoms with E-state index in [1.165, 1.54) is 6.07 Å². The number of aromatic nitrogens is 1. The molecule has 3 atom stereocenters. The molecule has 0 fully saturated rings. The summed E-state index contributed by atoms with van der Waals surface area (Å²) in [7, 11) is 0. The van der Waals surface area contributed by atoms with Gasteiger partial charge in [0.2, 0.25) is 0 Å². The van der Waals surface area contributed by atoms with Crippen molar-refractivity contribution in [1.82, 2.24) is 5.16 Å². The zero-order chi connectivity index (χ0) is 14.7. The van der Waals surface area contributed by atoms with Gasteiger partial charge < -0.3 is 30.1 Å². The van der Waals surface area contributed by atoms with Gasteiger partial charge in [0.1, 0.15) is 24.0 Å². The first-order chi connectivity index (χ1) is 9.50. The Morgan fingerprint density at radius 1 is 0.900 bits per heavy atom. The van der Waals surface area contributed by atoms with Crippen LogP contribution in [0.1, 0.15) is 11.8 Å². The average Bonchev–Trinajstić information content (AvgIpc) is 2.95. The lowest BCUT2D eigenvalue weighted by Gasteiger charge is -2.22. The summed E-state index contributed by atoms with van der Waals surface area (Å²) in [4.78, 5) is 0. The molecule has 5 N–H and O–H groups in total. The first-order valence-electron chi connectivity index (χ1n) is 5.93. The predicted octanol–water partition coefficient (Wildman–Crippen LogP) is -0.593. The lowest BCUT2D eigenvalue weighted by atomic mass is 10.0. The minimum Gasteiger partial charge on any atom is -0.387 e. The van der Waals surface area contributed by atoms with Crippen LogP contribution in [0.15, 0.2) is 40.9 Å². The van der Waals surface area contributed by atoms with Gasteiger partial charge in [-0.2, -0.15) is 0 Å². The fourth-order valence-electron chi connectivity index (χ4n) is 1.70. The topological polar surface area (TPSA) is 127 Å². The van der Waals surface area contributed by atoms with Crippen LogP contribution < -0.4 is 0 Å². The van der Waals surface area contributed by atoms with Gasteiger partial charge in [-0.3, -0.25) is 0 Å². The molecule has 1 aromatic carbocycles. The van der Waals surface area contributed by atoms with Gasteiger partial charge in [0.25, 0.3) is 0 Å². The van der Waals surface area contributed by atoms with Gasteiger partial charge in [0.15, 0.2) is 12.1 Å². The van der Waals surface area contributed by atoms with E-state index in [2.05, 4.69) is 5.16 Å². The summed E-state index contributed by atoms with van der Waals surface area (Å²) in [6.07, 6.45) is -7.49.